The zero-order valence-electron chi connectivity index (χ0n) is 13.6. The quantitative estimate of drug-likeness (QED) is 0.834. The molecule has 0 spiro atoms. The van der Waals surface area contributed by atoms with E-state index in [1.165, 1.54) is 17.8 Å². The lowest BCUT2D eigenvalue weighted by atomic mass is 10.2. The SMILES string of the molecule is C[C@H](NC(=O)NCC[S@@](=O)C(C)(C)C)c1csc(C2CC2)n1. The second-order valence-corrected chi connectivity index (χ2v) is 9.88. The van der Waals surface area contributed by atoms with Gasteiger partial charge in [0.25, 0.3) is 0 Å². The Hall–Kier alpha value is -0.950. The number of thiazole rings is 1. The predicted molar refractivity (Wildman–Crippen MR) is 91.8 cm³/mol. The standard InChI is InChI=1S/C15H25N3O2S2/c1-10(12-9-21-13(18-12)11-5-6-11)17-14(19)16-7-8-22(20)15(2,3)4/h9-11H,5-8H2,1-4H3,(H2,16,17,19)/t10-,22+/m0/s1. The molecular weight excluding hydrogens is 318 g/mol. The van der Waals surface area contributed by atoms with Crippen LogP contribution >= 0.6 is 11.3 Å². The van der Waals surface area contributed by atoms with Crippen molar-refractivity contribution < 1.29 is 9.00 Å². The van der Waals surface area contributed by atoms with E-state index in [2.05, 4.69) is 15.6 Å². The van der Waals surface area contributed by atoms with Gasteiger partial charge in [-0.15, -0.1) is 11.3 Å². The van der Waals surface area contributed by atoms with Gasteiger partial charge in [-0.1, -0.05) is 0 Å². The summed E-state index contributed by atoms with van der Waals surface area (Å²) < 4.78 is 11.6. The van der Waals surface area contributed by atoms with Gasteiger partial charge in [-0.2, -0.15) is 0 Å². The molecule has 0 radical (unpaired) electrons. The smallest absolute Gasteiger partial charge is 0.315 e. The van der Waals surface area contributed by atoms with Crippen LogP contribution in [0.25, 0.3) is 0 Å². The first-order valence-corrected chi connectivity index (χ1v) is 9.85. The molecule has 0 aliphatic heterocycles. The molecule has 1 saturated carbocycles. The van der Waals surface area contributed by atoms with Crippen LogP contribution in [0.15, 0.2) is 5.38 Å². The third-order valence-corrected chi connectivity index (χ3v) is 6.48. The van der Waals surface area contributed by atoms with E-state index < -0.39 is 10.8 Å². The Morgan fingerprint density at radius 1 is 1.50 bits per heavy atom. The number of hydrogen-bond acceptors (Lipinski definition) is 4. The molecule has 1 aliphatic rings. The average molecular weight is 344 g/mol. The Morgan fingerprint density at radius 2 is 2.18 bits per heavy atom. The average Bonchev–Trinajstić information content (AvgIpc) is 3.15. The fraction of sp³-hybridized carbons (Fsp3) is 0.733. The highest BCUT2D eigenvalue weighted by molar-refractivity contribution is 7.86. The minimum atomic E-state index is -0.951. The summed E-state index contributed by atoms with van der Waals surface area (Å²) >= 11 is 1.68. The number of carbonyl (C=O) groups is 1. The molecule has 0 saturated heterocycles. The van der Waals surface area contributed by atoms with Crippen LogP contribution in [0.1, 0.15) is 63.2 Å². The summed E-state index contributed by atoms with van der Waals surface area (Å²) in [6.45, 7) is 8.15. The van der Waals surface area contributed by atoms with Gasteiger partial charge in [0.1, 0.15) is 0 Å². The number of rotatable bonds is 6. The zero-order chi connectivity index (χ0) is 16.3. The van der Waals surface area contributed by atoms with E-state index in [0.29, 0.717) is 18.2 Å². The molecule has 124 valence electrons. The lowest BCUT2D eigenvalue weighted by Gasteiger charge is -2.18. The molecule has 0 unspecified atom stereocenters. The second-order valence-electron chi connectivity index (χ2n) is 6.67. The minimum absolute atomic E-state index is 0.114. The zero-order valence-corrected chi connectivity index (χ0v) is 15.3. The molecule has 7 heteroatoms. The predicted octanol–water partition coefficient (Wildman–Crippen LogP) is 2.93. The molecule has 1 heterocycles. The van der Waals surface area contributed by atoms with Crippen molar-refractivity contribution in [3.63, 3.8) is 0 Å². The van der Waals surface area contributed by atoms with Gasteiger partial charge in [0.2, 0.25) is 0 Å². The lowest BCUT2D eigenvalue weighted by molar-refractivity contribution is 0.238. The van der Waals surface area contributed by atoms with Crippen molar-refractivity contribution in [2.75, 3.05) is 12.3 Å². The van der Waals surface area contributed by atoms with E-state index >= 15 is 0 Å². The highest BCUT2D eigenvalue weighted by atomic mass is 32.2. The molecule has 0 bridgehead atoms. The maximum atomic E-state index is 11.9. The molecule has 22 heavy (non-hydrogen) atoms. The molecule has 2 rings (SSSR count). The van der Waals surface area contributed by atoms with Crippen molar-refractivity contribution in [3.05, 3.63) is 16.1 Å². The van der Waals surface area contributed by atoms with Crippen LogP contribution in [0.2, 0.25) is 0 Å². The van der Waals surface area contributed by atoms with E-state index in [4.69, 9.17) is 0 Å². The van der Waals surface area contributed by atoms with Gasteiger partial charge in [-0.3, -0.25) is 4.21 Å². The van der Waals surface area contributed by atoms with Crippen LogP contribution < -0.4 is 10.6 Å². The number of nitrogens with zero attached hydrogens (tertiary/aromatic N) is 1. The van der Waals surface area contributed by atoms with Gasteiger partial charge in [0.05, 0.1) is 16.7 Å². The topological polar surface area (TPSA) is 71.1 Å². The maximum absolute atomic E-state index is 11.9. The summed E-state index contributed by atoms with van der Waals surface area (Å²) in [5.74, 6) is 1.11. The van der Waals surface area contributed by atoms with Gasteiger partial charge >= 0.3 is 6.03 Å². The Balaban J connectivity index is 1.72. The fourth-order valence-electron chi connectivity index (χ4n) is 1.90. The lowest BCUT2D eigenvalue weighted by Crippen LogP contribution is -2.40. The third kappa shape index (κ3) is 5.05. The summed E-state index contributed by atoms with van der Waals surface area (Å²) in [6, 6.07) is -0.351. The van der Waals surface area contributed by atoms with Crippen LogP contribution in [-0.4, -0.2) is 32.3 Å². The van der Waals surface area contributed by atoms with Crippen molar-refractivity contribution in [1.82, 2.24) is 15.6 Å². The van der Waals surface area contributed by atoms with E-state index in [-0.39, 0.29) is 16.8 Å². The van der Waals surface area contributed by atoms with E-state index in [0.717, 1.165) is 5.69 Å². The van der Waals surface area contributed by atoms with E-state index in [1.54, 1.807) is 11.3 Å². The van der Waals surface area contributed by atoms with Crippen LogP contribution in [-0.2, 0) is 10.8 Å². The monoisotopic (exact) mass is 343 g/mol. The number of amides is 2. The normalized spacial score (nSPS) is 17.8. The third-order valence-electron chi connectivity index (χ3n) is 3.51. The van der Waals surface area contributed by atoms with Crippen molar-refractivity contribution in [2.45, 2.75) is 57.2 Å². The summed E-state index contributed by atoms with van der Waals surface area (Å²) in [4.78, 5) is 16.5. The minimum Gasteiger partial charge on any atom is -0.337 e. The molecule has 1 aliphatic carbocycles. The Kier molecular flexibility index (Phi) is 5.60. The van der Waals surface area contributed by atoms with Crippen molar-refractivity contribution in [3.8, 4) is 0 Å². The molecule has 1 fully saturated rings. The molecule has 5 nitrogen and oxygen atoms in total. The summed E-state index contributed by atoms with van der Waals surface area (Å²) in [5, 5.41) is 8.84. The van der Waals surface area contributed by atoms with Gasteiger partial charge < -0.3 is 10.6 Å². The maximum Gasteiger partial charge on any atom is 0.315 e. The summed E-state index contributed by atoms with van der Waals surface area (Å²) in [7, 11) is -0.951. The molecule has 0 aromatic carbocycles. The number of nitrogens with one attached hydrogen (secondary N) is 2. The first-order valence-electron chi connectivity index (χ1n) is 7.65. The Bertz CT molecular complexity index is 547. The molecule has 2 atom stereocenters. The van der Waals surface area contributed by atoms with Crippen LogP contribution in [0, 0.1) is 0 Å². The van der Waals surface area contributed by atoms with Crippen molar-refractivity contribution in [2.24, 2.45) is 0 Å². The fourth-order valence-corrected chi connectivity index (χ4v) is 3.89. The first kappa shape index (κ1) is 17.4. The number of aromatic nitrogens is 1. The molecule has 2 amide bonds. The highest BCUT2D eigenvalue weighted by Gasteiger charge is 2.27. The number of carbonyl (C=O) groups excluding carboxylic acids is 1. The molecule has 1 aromatic rings. The first-order chi connectivity index (χ1) is 10.3. The van der Waals surface area contributed by atoms with Gasteiger partial charge in [0, 0.05) is 39.1 Å². The number of hydrogen-bond donors (Lipinski definition) is 2. The Morgan fingerprint density at radius 3 is 2.77 bits per heavy atom. The van der Waals surface area contributed by atoms with Crippen molar-refractivity contribution >= 4 is 28.2 Å². The van der Waals surface area contributed by atoms with Crippen LogP contribution in [0.4, 0.5) is 4.79 Å². The largest absolute Gasteiger partial charge is 0.337 e. The summed E-state index contributed by atoms with van der Waals surface area (Å²) in [5.41, 5.74) is 0.917. The highest BCUT2D eigenvalue weighted by Crippen LogP contribution is 2.41. The van der Waals surface area contributed by atoms with Gasteiger partial charge in [0.15, 0.2) is 0 Å². The molecule has 1 aromatic heterocycles. The van der Waals surface area contributed by atoms with E-state index in [1.807, 2.05) is 33.1 Å². The summed E-state index contributed by atoms with van der Waals surface area (Å²) in [6.07, 6.45) is 2.47. The Labute approximate surface area is 138 Å². The second kappa shape index (κ2) is 7.08. The van der Waals surface area contributed by atoms with Gasteiger partial charge in [-0.25, -0.2) is 9.78 Å². The van der Waals surface area contributed by atoms with Gasteiger partial charge in [-0.05, 0) is 40.5 Å². The van der Waals surface area contributed by atoms with E-state index in [9.17, 15) is 9.00 Å². The van der Waals surface area contributed by atoms with Crippen molar-refractivity contribution in [1.29, 1.82) is 0 Å². The van der Waals surface area contributed by atoms with Crippen LogP contribution in [0.5, 0.6) is 0 Å². The molecular formula is C15H25N3O2S2. The number of urea groups is 1. The van der Waals surface area contributed by atoms with Crippen LogP contribution in [0.3, 0.4) is 0 Å². The molecule has 2 N–H and O–H groups in total.